The van der Waals surface area contributed by atoms with E-state index in [9.17, 15) is 5.11 Å². The molecule has 0 saturated heterocycles. The van der Waals surface area contributed by atoms with Crippen LogP contribution >= 0.6 is 11.6 Å². The number of fused-ring (bicyclic) bond motifs is 1. The van der Waals surface area contributed by atoms with Crippen molar-refractivity contribution in [2.45, 2.75) is 25.8 Å². The molecule has 2 rings (SSSR count). The number of benzene rings is 1. The minimum Gasteiger partial charge on any atom is -0.506 e. The lowest BCUT2D eigenvalue weighted by Gasteiger charge is -2.25. The summed E-state index contributed by atoms with van der Waals surface area (Å²) in [5.41, 5.74) is 5.78. The van der Waals surface area contributed by atoms with E-state index in [-0.39, 0.29) is 10.8 Å². The number of phenolic OH excluding ortho intramolecular Hbond substituents is 1. The van der Waals surface area contributed by atoms with Crippen LogP contribution in [0, 0.1) is 0 Å². The van der Waals surface area contributed by atoms with Crippen LogP contribution < -0.4 is 15.2 Å². The number of ether oxygens (including phenoxy) is 2. The molecule has 1 aromatic carbocycles. The molecule has 17 heavy (non-hydrogen) atoms. The van der Waals surface area contributed by atoms with E-state index in [1.54, 1.807) is 19.9 Å². The van der Waals surface area contributed by atoms with Gasteiger partial charge >= 0.3 is 0 Å². The molecule has 0 atom stereocenters. The van der Waals surface area contributed by atoms with Crippen LogP contribution in [0.2, 0.25) is 5.02 Å². The van der Waals surface area contributed by atoms with E-state index < -0.39 is 5.54 Å². The maximum atomic E-state index is 10.0. The SMILES string of the molecule is CC(C)(N)c1c(O)c(Cl)cc2c1OCCCO2. The topological polar surface area (TPSA) is 64.7 Å². The molecule has 5 heteroatoms. The summed E-state index contributed by atoms with van der Waals surface area (Å²) in [6.07, 6.45) is 0.789. The predicted molar refractivity (Wildman–Crippen MR) is 65.9 cm³/mol. The Balaban J connectivity index is 2.66. The van der Waals surface area contributed by atoms with Crippen LogP contribution in [-0.2, 0) is 5.54 Å². The Morgan fingerprint density at radius 3 is 2.65 bits per heavy atom. The van der Waals surface area contributed by atoms with E-state index in [0.29, 0.717) is 30.3 Å². The molecule has 0 aromatic heterocycles. The van der Waals surface area contributed by atoms with Crippen molar-refractivity contribution < 1.29 is 14.6 Å². The van der Waals surface area contributed by atoms with Crippen molar-refractivity contribution >= 4 is 11.6 Å². The average Bonchev–Trinajstić information content (AvgIpc) is 2.42. The van der Waals surface area contributed by atoms with Crippen molar-refractivity contribution in [1.29, 1.82) is 0 Å². The van der Waals surface area contributed by atoms with Gasteiger partial charge in [0.05, 0.1) is 23.8 Å². The smallest absolute Gasteiger partial charge is 0.170 e. The van der Waals surface area contributed by atoms with Gasteiger partial charge in [0.2, 0.25) is 0 Å². The summed E-state index contributed by atoms with van der Waals surface area (Å²) in [7, 11) is 0. The molecule has 3 N–H and O–H groups in total. The molecular weight excluding hydrogens is 242 g/mol. The standard InChI is InChI=1S/C12H16ClNO3/c1-12(2,14)9-10(15)7(13)6-8-11(9)17-5-3-4-16-8/h6,15H,3-5,14H2,1-2H3. The van der Waals surface area contributed by atoms with Gasteiger partial charge in [-0.15, -0.1) is 0 Å². The van der Waals surface area contributed by atoms with Gasteiger partial charge in [0.15, 0.2) is 11.5 Å². The second-order valence-corrected chi connectivity index (χ2v) is 5.09. The zero-order valence-corrected chi connectivity index (χ0v) is 10.7. The van der Waals surface area contributed by atoms with Gasteiger partial charge in [0.25, 0.3) is 0 Å². The van der Waals surface area contributed by atoms with Crippen LogP contribution in [-0.4, -0.2) is 18.3 Å². The number of phenols is 1. The molecule has 0 radical (unpaired) electrons. The molecule has 0 fully saturated rings. The zero-order valence-electron chi connectivity index (χ0n) is 9.92. The van der Waals surface area contributed by atoms with Gasteiger partial charge in [-0.2, -0.15) is 0 Å². The molecule has 4 nitrogen and oxygen atoms in total. The molecule has 94 valence electrons. The number of rotatable bonds is 1. The van der Waals surface area contributed by atoms with Gasteiger partial charge in [-0.05, 0) is 13.8 Å². The van der Waals surface area contributed by atoms with Gasteiger partial charge in [0.1, 0.15) is 5.75 Å². The molecule has 0 amide bonds. The van der Waals surface area contributed by atoms with Crippen molar-refractivity contribution in [2.75, 3.05) is 13.2 Å². The summed E-state index contributed by atoms with van der Waals surface area (Å²) < 4.78 is 11.2. The summed E-state index contributed by atoms with van der Waals surface area (Å²) in [5.74, 6) is 0.999. The van der Waals surface area contributed by atoms with E-state index >= 15 is 0 Å². The van der Waals surface area contributed by atoms with Gasteiger partial charge in [-0.3, -0.25) is 0 Å². The van der Waals surface area contributed by atoms with Crippen LogP contribution in [0.3, 0.4) is 0 Å². The highest BCUT2D eigenvalue weighted by molar-refractivity contribution is 6.32. The summed E-state index contributed by atoms with van der Waals surface area (Å²) in [5, 5.41) is 10.3. The third-order valence-corrected chi connectivity index (χ3v) is 2.90. The number of nitrogens with two attached hydrogens (primary N) is 1. The molecular formula is C12H16ClNO3. The maximum Gasteiger partial charge on any atom is 0.170 e. The lowest BCUT2D eigenvalue weighted by Crippen LogP contribution is -2.29. The minimum atomic E-state index is -0.757. The highest BCUT2D eigenvalue weighted by atomic mass is 35.5. The van der Waals surface area contributed by atoms with Gasteiger partial charge in [-0.1, -0.05) is 11.6 Å². The number of aromatic hydroxyl groups is 1. The Bertz CT molecular complexity index is 440. The summed E-state index contributed by atoms with van der Waals surface area (Å²) in [6, 6.07) is 1.56. The Labute approximate surface area is 105 Å². The molecule has 1 aliphatic rings. The molecule has 0 unspecified atom stereocenters. The Hall–Kier alpha value is -1.13. The van der Waals surface area contributed by atoms with Crippen molar-refractivity contribution in [2.24, 2.45) is 5.73 Å². The third-order valence-electron chi connectivity index (χ3n) is 2.61. The summed E-state index contributed by atoms with van der Waals surface area (Å²) in [6.45, 7) is 4.68. The maximum absolute atomic E-state index is 10.0. The van der Waals surface area contributed by atoms with Crippen molar-refractivity contribution in [1.82, 2.24) is 0 Å². The predicted octanol–water partition coefficient (Wildman–Crippen LogP) is 2.40. The zero-order chi connectivity index (χ0) is 12.6. The second-order valence-electron chi connectivity index (χ2n) is 4.68. The first-order valence-electron chi connectivity index (χ1n) is 5.51. The molecule has 0 spiro atoms. The largest absolute Gasteiger partial charge is 0.506 e. The normalized spacial score (nSPS) is 15.5. The highest BCUT2D eigenvalue weighted by Crippen LogP contribution is 2.47. The lowest BCUT2D eigenvalue weighted by atomic mass is 9.93. The first-order valence-corrected chi connectivity index (χ1v) is 5.89. The average molecular weight is 258 g/mol. The van der Waals surface area contributed by atoms with Gasteiger partial charge < -0.3 is 20.3 Å². The van der Waals surface area contributed by atoms with Crippen molar-refractivity contribution in [3.8, 4) is 17.2 Å². The van der Waals surface area contributed by atoms with Crippen LogP contribution in [0.4, 0.5) is 0 Å². The Kier molecular flexibility index (Phi) is 3.10. The molecule has 1 heterocycles. The Morgan fingerprint density at radius 1 is 1.35 bits per heavy atom. The molecule has 0 saturated carbocycles. The first kappa shape index (κ1) is 12.3. The molecule has 1 aromatic rings. The minimum absolute atomic E-state index is 0.0385. The molecule has 1 aliphatic heterocycles. The van der Waals surface area contributed by atoms with E-state index in [2.05, 4.69) is 0 Å². The van der Waals surface area contributed by atoms with Gasteiger partial charge in [0, 0.05) is 18.0 Å². The van der Waals surface area contributed by atoms with Crippen LogP contribution in [0.5, 0.6) is 17.2 Å². The van der Waals surface area contributed by atoms with E-state index in [4.69, 9.17) is 26.8 Å². The second kappa shape index (κ2) is 4.27. The summed E-state index contributed by atoms with van der Waals surface area (Å²) >= 11 is 5.97. The lowest BCUT2D eigenvalue weighted by molar-refractivity contribution is 0.293. The fraction of sp³-hybridized carbons (Fsp3) is 0.500. The highest BCUT2D eigenvalue weighted by Gasteiger charge is 2.29. The van der Waals surface area contributed by atoms with Crippen molar-refractivity contribution in [3.05, 3.63) is 16.7 Å². The van der Waals surface area contributed by atoms with E-state index in [1.807, 2.05) is 0 Å². The number of hydrogen-bond donors (Lipinski definition) is 2. The van der Waals surface area contributed by atoms with Crippen LogP contribution in [0.1, 0.15) is 25.8 Å². The van der Waals surface area contributed by atoms with Crippen LogP contribution in [0.25, 0.3) is 0 Å². The van der Waals surface area contributed by atoms with Crippen LogP contribution in [0.15, 0.2) is 6.07 Å². The quantitative estimate of drug-likeness (QED) is 0.811. The molecule has 0 aliphatic carbocycles. The van der Waals surface area contributed by atoms with E-state index in [0.717, 1.165) is 6.42 Å². The number of hydrogen-bond acceptors (Lipinski definition) is 4. The first-order chi connectivity index (χ1) is 7.91. The number of halogens is 1. The molecule has 0 bridgehead atoms. The Morgan fingerprint density at radius 2 is 2.00 bits per heavy atom. The van der Waals surface area contributed by atoms with Gasteiger partial charge in [-0.25, -0.2) is 0 Å². The summed E-state index contributed by atoms with van der Waals surface area (Å²) in [4.78, 5) is 0. The fourth-order valence-corrected chi connectivity index (χ4v) is 2.06. The fourth-order valence-electron chi connectivity index (χ4n) is 1.86. The third kappa shape index (κ3) is 2.28. The van der Waals surface area contributed by atoms with E-state index in [1.165, 1.54) is 0 Å². The monoisotopic (exact) mass is 257 g/mol. The van der Waals surface area contributed by atoms with Crippen molar-refractivity contribution in [3.63, 3.8) is 0 Å².